The Hall–Kier alpha value is -0.640. The van der Waals surface area contributed by atoms with Crippen LogP contribution in [0.25, 0.3) is 0 Å². The minimum Gasteiger partial charge on any atom is -0.394 e. The minimum absolute atomic E-state index is 0.609. The summed E-state index contributed by atoms with van der Waals surface area (Å²) in [7, 11) is 0. The standard InChI is InChI=1S/C18H32O16/c19-1-4-7(21)10(24)12(26)17(32-4)30-3-6-9(23)15(14(28)16(29)31-6)34-18-13(27)11(25)8(22)5(2-20)33-18/h4-29H,1-3H2/t4-,5-,6-,7-,8-,9-,10+,11+,12+,13+,14+,15+,16?,17?,18-/m1/s1. The summed E-state index contributed by atoms with van der Waals surface area (Å²) in [5.74, 6) is 0. The summed E-state index contributed by atoms with van der Waals surface area (Å²) in [6.07, 6.45) is -24.9. The second-order valence-corrected chi connectivity index (χ2v) is 8.37. The van der Waals surface area contributed by atoms with E-state index in [9.17, 15) is 56.2 Å². The quantitative estimate of drug-likeness (QED) is 0.154. The summed E-state index contributed by atoms with van der Waals surface area (Å²) in [6.45, 7) is -2.06. The fourth-order valence-electron chi connectivity index (χ4n) is 3.94. The van der Waals surface area contributed by atoms with Crippen LogP contribution in [0.15, 0.2) is 0 Å². The number of aliphatic hydroxyl groups is 11. The highest BCUT2D eigenvalue weighted by molar-refractivity contribution is 4.94. The first kappa shape index (κ1) is 27.9. The smallest absolute Gasteiger partial charge is 0.187 e. The van der Waals surface area contributed by atoms with Crippen LogP contribution in [0.1, 0.15) is 0 Å². The molecule has 0 aromatic heterocycles. The van der Waals surface area contributed by atoms with Crippen LogP contribution < -0.4 is 0 Å². The summed E-state index contributed by atoms with van der Waals surface area (Å²) in [4.78, 5) is 0. The summed E-state index contributed by atoms with van der Waals surface area (Å²) >= 11 is 0. The van der Waals surface area contributed by atoms with Crippen LogP contribution in [0.2, 0.25) is 0 Å². The summed E-state index contributed by atoms with van der Waals surface area (Å²) in [5.41, 5.74) is 0. The van der Waals surface area contributed by atoms with Crippen molar-refractivity contribution in [3.8, 4) is 0 Å². The Labute approximate surface area is 192 Å². The molecule has 3 heterocycles. The Bertz CT molecular complexity index is 637. The summed E-state index contributed by atoms with van der Waals surface area (Å²) < 4.78 is 26.1. The van der Waals surface area contributed by atoms with Crippen molar-refractivity contribution in [3.05, 3.63) is 0 Å². The lowest BCUT2D eigenvalue weighted by Gasteiger charge is -2.45. The van der Waals surface area contributed by atoms with Crippen molar-refractivity contribution in [2.45, 2.75) is 92.1 Å². The Morgan fingerprint density at radius 3 is 1.53 bits per heavy atom. The highest BCUT2D eigenvalue weighted by Crippen LogP contribution is 2.29. The third-order valence-electron chi connectivity index (χ3n) is 6.07. The molecule has 0 amide bonds. The van der Waals surface area contributed by atoms with E-state index < -0.39 is 112 Å². The van der Waals surface area contributed by atoms with Gasteiger partial charge in [-0.05, 0) is 0 Å². The van der Waals surface area contributed by atoms with Gasteiger partial charge >= 0.3 is 0 Å². The SMILES string of the molecule is OC[C@H]1O[C@H](O[C@H]2[C@H](O)[C@@H](COC3O[C@H](CO)[C@@H](O)[C@H](O)[C@@H]3O)OC(O)[C@H]2O)[C@@H](O)[C@@H](O)[C@@H]1O. The van der Waals surface area contributed by atoms with Crippen molar-refractivity contribution in [1.29, 1.82) is 0 Å². The van der Waals surface area contributed by atoms with Gasteiger partial charge in [-0.25, -0.2) is 0 Å². The molecule has 0 aliphatic carbocycles. The molecular weight excluding hydrogens is 472 g/mol. The van der Waals surface area contributed by atoms with E-state index in [1.165, 1.54) is 0 Å². The first-order valence-corrected chi connectivity index (χ1v) is 10.6. The number of hydrogen-bond acceptors (Lipinski definition) is 16. The molecule has 3 aliphatic rings. The fraction of sp³-hybridized carbons (Fsp3) is 1.00. The van der Waals surface area contributed by atoms with Crippen LogP contribution >= 0.6 is 0 Å². The Morgan fingerprint density at radius 2 is 1.00 bits per heavy atom. The van der Waals surface area contributed by atoms with Gasteiger partial charge in [-0.3, -0.25) is 0 Å². The molecule has 3 fully saturated rings. The Balaban J connectivity index is 1.65. The van der Waals surface area contributed by atoms with Crippen molar-refractivity contribution in [1.82, 2.24) is 0 Å². The van der Waals surface area contributed by atoms with Crippen molar-refractivity contribution in [3.63, 3.8) is 0 Å². The molecular formula is C18H32O16. The predicted molar refractivity (Wildman–Crippen MR) is 101 cm³/mol. The molecule has 3 aliphatic heterocycles. The van der Waals surface area contributed by atoms with Gasteiger partial charge in [0.2, 0.25) is 0 Å². The third-order valence-corrected chi connectivity index (χ3v) is 6.07. The molecule has 3 rings (SSSR count). The molecule has 200 valence electrons. The molecule has 11 N–H and O–H groups in total. The fourth-order valence-corrected chi connectivity index (χ4v) is 3.94. The maximum atomic E-state index is 10.6. The largest absolute Gasteiger partial charge is 0.394 e. The summed E-state index contributed by atoms with van der Waals surface area (Å²) in [6, 6.07) is 0. The van der Waals surface area contributed by atoms with Gasteiger partial charge < -0.3 is 79.9 Å². The van der Waals surface area contributed by atoms with Crippen LogP contribution in [0.3, 0.4) is 0 Å². The molecule has 0 aromatic rings. The van der Waals surface area contributed by atoms with E-state index in [0.717, 1.165) is 0 Å². The first-order chi connectivity index (χ1) is 16.0. The lowest BCUT2D eigenvalue weighted by Crippen LogP contribution is -2.65. The normalized spacial score (nSPS) is 52.5. The van der Waals surface area contributed by atoms with Gasteiger partial charge in [-0.15, -0.1) is 0 Å². The number of hydrogen-bond donors (Lipinski definition) is 11. The van der Waals surface area contributed by atoms with Gasteiger partial charge in [-0.1, -0.05) is 0 Å². The van der Waals surface area contributed by atoms with Crippen LogP contribution in [0.4, 0.5) is 0 Å². The van der Waals surface area contributed by atoms with E-state index in [4.69, 9.17) is 23.7 Å². The highest BCUT2D eigenvalue weighted by atomic mass is 16.7. The van der Waals surface area contributed by atoms with Crippen molar-refractivity contribution < 1.29 is 79.9 Å². The van der Waals surface area contributed by atoms with E-state index in [0.29, 0.717) is 0 Å². The monoisotopic (exact) mass is 504 g/mol. The Morgan fingerprint density at radius 1 is 0.500 bits per heavy atom. The molecule has 0 spiro atoms. The Kier molecular flexibility index (Phi) is 9.54. The van der Waals surface area contributed by atoms with Crippen LogP contribution in [-0.2, 0) is 23.7 Å². The molecule has 2 unspecified atom stereocenters. The van der Waals surface area contributed by atoms with Gasteiger partial charge in [0.1, 0.15) is 73.2 Å². The van der Waals surface area contributed by atoms with Crippen LogP contribution in [-0.4, -0.2) is 168 Å². The zero-order chi connectivity index (χ0) is 25.3. The van der Waals surface area contributed by atoms with E-state index in [2.05, 4.69) is 0 Å². The van der Waals surface area contributed by atoms with Gasteiger partial charge in [0.05, 0.1) is 19.8 Å². The van der Waals surface area contributed by atoms with E-state index in [1.807, 2.05) is 0 Å². The van der Waals surface area contributed by atoms with Gasteiger partial charge in [-0.2, -0.15) is 0 Å². The van der Waals surface area contributed by atoms with E-state index in [1.54, 1.807) is 0 Å². The third kappa shape index (κ3) is 5.52. The van der Waals surface area contributed by atoms with E-state index in [-0.39, 0.29) is 0 Å². The van der Waals surface area contributed by atoms with Gasteiger partial charge in [0.15, 0.2) is 18.9 Å². The highest BCUT2D eigenvalue weighted by Gasteiger charge is 2.51. The maximum Gasteiger partial charge on any atom is 0.187 e. The summed E-state index contributed by atoms with van der Waals surface area (Å²) in [5, 5.41) is 109. The van der Waals surface area contributed by atoms with Crippen molar-refractivity contribution in [2.75, 3.05) is 19.8 Å². The molecule has 3 saturated heterocycles. The average molecular weight is 504 g/mol. The lowest BCUT2D eigenvalue weighted by atomic mass is 9.97. The second kappa shape index (κ2) is 11.6. The number of aliphatic hydroxyl groups excluding tert-OH is 11. The average Bonchev–Trinajstić information content (AvgIpc) is 2.82. The molecule has 0 bridgehead atoms. The molecule has 0 aromatic carbocycles. The number of rotatable bonds is 7. The van der Waals surface area contributed by atoms with Crippen LogP contribution in [0.5, 0.6) is 0 Å². The zero-order valence-corrected chi connectivity index (χ0v) is 17.7. The van der Waals surface area contributed by atoms with Gasteiger partial charge in [0, 0.05) is 0 Å². The first-order valence-electron chi connectivity index (χ1n) is 10.6. The van der Waals surface area contributed by atoms with Crippen molar-refractivity contribution in [2.24, 2.45) is 0 Å². The topological polar surface area (TPSA) is 269 Å². The molecule has 16 heteroatoms. The molecule has 0 radical (unpaired) electrons. The predicted octanol–water partition coefficient (Wildman–Crippen LogP) is -7.57. The minimum atomic E-state index is -1.93. The lowest BCUT2D eigenvalue weighted by molar-refractivity contribution is -0.361. The number of ether oxygens (including phenoxy) is 5. The molecule has 0 saturated carbocycles. The van der Waals surface area contributed by atoms with Gasteiger partial charge in [0.25, 0.3) is 0 Å². The molecule has 15 atom stereocenters. The van der Waals surface area contributed by atoms with E-state index >= 15 is 0 Å². The maximum absolute atomic E-state index is 10.6. The van der Waals surface area contributed by atoms with Crippen molar-refractivity contribution >= 4 is 0 Å². The molecule has 34 heavy (non-hydrogen) atoms. The zero-order valence-electron chi connectivity index (χ0n) is 17.7. The van der Waals surface area contributed by atoms with Crippen LogP contribution in [0, 0.1) is 0 Å². The molecule has 16 nitrogen and oxygen atoms in total. The second-order valence-electron chi connectivity index (χ2n) is 8.37.